The van der Waals surface area contributed by atoms with Crippen molar-refractivity contribution < 1.29 is 14.3 Å². The highest BCUT2D eigenvalue weighted by Crippen LogP contribution is 2.41. The third-order valence-corrected chi connectivity index (χ3v) is 4.91. The maximum Gasteiger partial charge on any atom is 0.309 e. The molecular formula is C19H23NO3. The summed E-state index contributed by atoms with van der Waals surface area (Å²) in [5, 5.41) is 0. The fraction of sp³-hybridized carbons (Fsp3) is 0.474. The minimum atomic E-state index is -0.227. The number of rotatable bonds is 4. The number of nitrogens with zero attached hydrogens (tertiary/aromatic N) is 1. The Morgan fingerprint density at radius 3 is 2.70 bits per heavy atom. The van der Waals surface area contributed by atoms with Gasteiger partial charge >= 0.3 is 5.97 Å². The molecule has 0 aromatic heterocycles. The predicted molar refractivity (Wildman–Crippen MR) is 87.3 cm³/mol. The largest absolute Gasteiger partial charge is 0.466 e. The van der Waals surface area contributed by atoms with Gasteiger partial charge in [-0.05, 0) is 18.4 Å². The van der Waals surface area contributed by atoms with Gasteiger partial charge < -0.3 is 9.64 Å². The molecular weight excluding hydrogens is 290 g/mol. The average Bonchev–Trinajstić information content (AvgIpc) is 2.84. The first-order valence-corrected chi connectivity index (χ1v) is 8.29. The summed E-state index contributed by atoms with van der Waals surface area (Å²) in [7, 11) is 0. The van der Waals surface area contributed by atoms with Gasteiger partial charge in [0.1, 0.15) is 0 Å². The number of carbonyl (C=O) groups is 2. The lowest BCUT2D eigenvalue weighted by atomic mass is 9.72. The highest BCUT2D eigenvalue weighted by molar-refractivity contribution is 5.85. The van der Waals surface area contributed by atoms with E-state index >= 15 is 0 Å². The molecule has 23 heavy (non-hydrogen) atoms. The van der Waals surface area contributed by atoms with Gasteiger partial charge in [0, 0.05) is 19.0 Å². The van der Waals surface area contributed by atoms with Crippen molar-refractivity contribution >= 4 is 11.9 Å². The molecule has 1 amide bonds. The minimum Gasteiger partial charge on any atom is -0.466 e. The molecule has 1 heterocycles. The van der Waals surface area contributed by atoms with E-state index in [1.807, 2.05) is 61.2 Å². The summed E-state index contributed by atoms with van der Waals surface area (Å²) in [6.07, 6.45) is 3.98. The van der Waals surface area contributed by atoms with Crippen LogP contribution in [0.5, 0.6) is 0 Å². The Bertz CT molecular complexity index is 610. The quantitative estimate of drug-likeness (QED) is 0.634. The molecule has 1 aliphatic carbocycles. The van der Waals surface area contributed by atoms with Gasteiger partial charge in [0.25, 0.3) is 0 Å². The zero-order valence-corrected chi connectivity index (χ0v) is 13.6. The molecule has 1 aliphatic heterocycles. The minimum absolute atomic E-state index is 0.0188. The standard InChI is InChI=1S/C19H23NO3/c1-3-23-19(22)17-13(2)9-10-15-16(17)12-20(18(15)21)11-14-7-5-4-6-8-14/h4-10,13,15-17H,3,11-12H2,1-2H3/t13-,15+,16+,17+/m1/s1. The Balaban J connectivity index is 1.79. The zero-order valence-electron chi connectivity index (χ0n) is 13.6. The van der Waals surface area contributed by atoms with E-state index in [9.17, 15) is 9.59 Å². The van der Waals surface area contributed by atoms with Crippen LogP contribution in [0.1, 0.15) is 19.4 Å². The summed E-state index contributed by atoms with van der Waals surface area (Å²) in [4.78, 5) is 26.9. The van der Waals surface area contributed by atoms with Crippen molar-refractivity contribution in [2.75, 3.05) is 13.2 Å². The fourth-order valence-electron chi connectivity index (χ4n) is 3.79. The van der Waals surface area contributed by atoms with E-state index in [4.69, 9.17) is 4.74 Å². The van der Waals surface area contributed by atoms with Gasteiger partial charge in [-0.15, -0.1) is 0 Å². The number of benzene rings is 1. The monoisotopic (exact) mass is 313 g/mol. The number of amides is 1. The average molecular weight is 313 g/mol. The SMILES string of the molecule is CCOC(=O)[C@@H]1[C@H]2CN(Cc3ccccc3)C(=O)[C@H]2C=C[C@H]1C. The van der Waals surface area contributed by atoms with E-state index in [0.717, 1.165) is 5.56 Å². The molecule has 0 radical (unpaired) electrons. The van der Waals surface area contributed by atoms with E-state index < -0.39 is 0 Å². The Kier molecular flexibility index (Phi) is 4.51. The number of ether oxygens (including phenoxy) is 1. The molecule has 1 aromatic carbocycles. The number of fused-ring (bicyclic) bond motifs is 1. The predicted octanol–water partition coefficient (Wildman–Crippen LogP) is 2.65. The first kappa shape index (κ1) is 15.8. The molecule has 4 heteroatoms. The van der Waals surface area contributed by atoms with Crippen molar-refractivity contribution in [3.63, 3.8) is 0 Å². The molecule has 1 saturated heterocycles. The molecule has 2 aliphatic rings. The number of allylic oxidation sites excluding steroid dienone is 1. The van der Waals surface area contributed by atoms with Crippen LogP contribution in [0.25, 0.3) is 0 Å². The highest BCUT2D eigenvalue weighted by atomic mass is 16.5. The maximum absolute atomic E-state index is 12.7. The molecule has 0 unspecified atom stereocenters. The molecule has 4 nitrogen and oxygen atoms in total. The van der Waals surface area contributed by atoms with Crippen LogP contribution in [-0.4, -0.2) is 29.9 Å². The number of hydrogen-bond donors (Lipinski definition) is 0. The number of esters is 1. The first-order valence-electron chi connectivity index (χ1n) is 8.29. The van der Waals surface area contributed by atoms with Gasteiger partial charge in [-0.25, -0.2) is 0 Å². The van der Waals surface area contributed by atoms with Gasteiger partial charge in [0.15, 0.2) is 0 Å². The maximum atomic E-state index is 12.7. The van der Waals surface area contributed by atoms with Gasteiger partial charge in [0.05, 0.1) is 18.4 Å². The second-order valence-electron chi connectivity index (χ2n) is 6.42. The van der Waals surface area contributed by atoms with Crippen molar-refractivity contribution in [1.82, 2.24) is 4.90 Å². The third-order valence-electron chi connectivity index (χ3n) is 4.91. The van der Waals surface area contributed by atoms with Crippen LogP contribution in [-0.2, 0) is 20.9 Å². The lowest BCUT2D eigenvalue weighted by Crippen LogP contribution is -2.37. The van der Waals surface area contributed by atoms with E-state index in [2.05, 4.69) is 0 Å². The Hall–Kier alpha value is -2.10. The summed E-state index contributed by atoms with van der Waals surface area (Å²) in [6, 6.07) is 9.97. The van der Waals surface area contributed by atoms with Crippen LogP contribution in [0.4, 0.5) is 0 Å². The summed E-state index contributed by atoms with van der Waals surface area (Å²) >= 11 is 0. The summed E-state index contributed by atoms with van der Waals surface area (Å²) in [5.41, 5.74) is 1.12. The van der Waals surface area contributed by atoms with Gasteiger partial charge in [0.2, 0.25) is 5.91 Å². The second kappa shape index (κ2) is 6.57. The van der Waals surface area contributed by atoms with Crippen molar-refractivity contribution in [2.45, 2.75) is 20.4 Å². The van der Waals surface area contributed by atoms with Gasteiger partial charge in [-0.2, -0.15) is 0 Å². The normalized spacial score (nSPS) is 29.5. The van der Waals surface area contributed by atoms with Crippen LogP contribution >= 0.6 is 0 Å². The van der Waals surface area contributed by atoms with E-state index in [0.29, 0.717) is 19.7 Å². The highest BCUT2D eigenvalue weighted by Gasteiger charge is 2.49. The van der Waals surface area contributed by atoms with Crippen LogP contribution < -0.4 is 0 Å². The molecule has 0 N–H and O–H groups in total. The molecule has 1 aromatic rings. The molecule has 1 fully saturated rings. The number of likely N-dealkylation sites (tertiary alicyclic amines) is 1. The van der Waals surface area contributed by atoms with Crippen LogP contribution in [0, 0.1) is 23.7 Å². The van der Waals surface area contributed by atoms with Crippen molar-refractivity contribution in [3.05, 3.63) is 48.0 Å². The third kappa shape index (κ3) is 3.03. The molecule has 3 rings (SSSR count). The first-order chi connectivity index (χ1) is 11.1. The van der Waals surface area contributed by atoms with Crippen molar-refractivity contribution in [3.8, 4) is 0 Å². The molecule has 0 spiro atoms. The van der Waals surface area contributed by atoms with Crippen molar-refractivity contribution in [2.24, 2.45) is 23.7 Å². The van der Waals surface area contributed by atoms with Crippen LogP contribution in [0.15, 0.2) is 42.5 Å². The number of carbonyl (C=O) groups excluding carboxylic acids is 2. The van der Waals surface area contributed by atoms with Gasteiger partial charge in [-0.1, -0.05) is 49.4 Å². The summed E-state index contributed by atoms with van der Waals surface area (Å²) < 4.78 is 5.25. The number of hydrogen-bond acceptors (Lipinski definition) is 3. The Labute approximate surface area is 137 Å². The lowest BCUT2D eigenvalue weighted by molar-refractivity contribution is -0.152. The van der Waals surface area contributed by atoms with E-state index in [1.54, 1.807) is 0 Å². The van der Waals surface area contributed by atoms with Crippen LogP contribution in [0.3, 0.4) is 0 Å². The van der Waals surface area contributed by atoms with Gasteiger partial charge in [-0.3, -0.25) is 9.59 Å². The molecule has 0 saturated carbocycles. The summed E-state index contributed by atoms with van der Waals surface area (Å²) in [5.74, 6) is -0.339. The summed E-state index contributed by atoms with van der Waals surface area (Å²) in [6.45, 7) is 5.45. The molecule has 0 bridgehead atoms. The second-order valence-corrected chi connectivity index (χ2v) is 6.42. The van der Waals surface area contributed by atoms with E-state index in [-0.39, 0.29) is 35.5 Å². The fourth-order valence-corrected chi connectivity index (χ4v) is 3.79. The topological polar surface area (TPSA) is 46.6 Å². The molecule has 4 atom stereocenters. The Morgan fingerprint density at radius 2 is 2.00 bits per heavy atom. The Morgan fingerprint density at radius 1 is 1.26 bits per heavy atom. The zero-order chi connectivity index (χ0) is 16.4. The van der Waals surface area contributed by atoms with Crippen molar-refractivity contribution in [1.29, 1.82) is 0 Å². The lowest BCUT2D eigenvalue weighted by Gasteiger charge is -2.31. The van der Waals surface area contributed by atoms with E-state index in [1.165, 1.54) is 0 Å². The smallest absolute Gasteiger partial charge is 0.309 e. The van der Waals surface area contributed by atoms with Crippen LogP contribution in [0.2, 0.25) is 0 Å². The molecule has 122 valence electrons.